The van der Waals surface area contributed by atoms with E-state index >= 15 is 0 Å². The van der Waals surface area contributed by atoms with Gasteiger partial charge < -0.3 is 14.6 Å². The first-order chi connectivity index (χ1) is 12.4. The van der Waals surface area contributed by atoms with Crippen molar-refractivity contribution in [3.8, 4) is 0 Å². The predicted octanol–water partition coefficient (Wildman–Crippen LogP) is 3.50. The molecule has 7 heteroatoms. The number of carbonyl (C=O) groups excluding carboxylic acids is 2. The molecule has 2 aromatic rings. The number of hydrogen-bond acceptors (Lipinski definition) is 5. The van der Waals surface area contributed by atoms with Crippen LogP contribution in [0.1, 0.15) is 52.6 Å². The number of nitrogens with one attached hydrogen (secondary N) is 1. The average molecular weight is 375 g/mol. The van der Waals surface area contributed by atoms with Crippen molar-refractivity contribution in [2.45, 2.75) is 53.5 Å². The highest BCUT2D eigenvalue weighted by Gasteiger charge is 2.21. The second kappa shape index (κ2) is 7.61. The highest BCUT2D eigenvalue weighted by molar-refractivity contribution is 7.15. The molecule has 0 fully saturated rings. The Morgan fingerprint density at radius 3 is 2.92 bits per heavy atom. The second-order valence-electron chi connectivity index (χ2n) is 6.88. The van der Waals surface area contributed by atoms with Crippen molar-refractivity contribution in [2.24, 2.45) is 5.92 Å². The molecule has 26 heavy (non-hydrogen) atoms. The number of aryl methyl sites for hydroxylation is 2. The smallest absolute Gasteiger partial charge is 0.339 e. The maximum atomic E-state index is 12.5. The molecule has 6 nitrogen and oxygen atoms in total. The van der Waals surface area contributed by atoms with Gasteiger partial charge in [-0.2, -0.15) is 0 Å². The lowest BCUT2D eigenvalue weighted by Gasteiger charge is -2.15. The van der Waals surface area contributed by atoms with Crippen LogP contribution in [-0.4, -0.2) is 28.0 Å². The normalized spacial score (nSPS) is 16.2. The fraction of sp³-hybridized carbons (Fsp3) is 0.526. The van der Waals surface area contributed by atoms with Crippen molar-refractivity contribution in [1.29, 1.82) is 0 Å². The number of anilines is 1. The van der Waals surface area contributed by atoms with Crippen molar-refractivity contribution in [3.05, 3.63) is 33.6 Å². The van der Waals surface area contributed by atoms with E-state index in [1.165, 1.54) is 4.88 Å². The molecule has 2 heterocycles. The number of thiazole rings is 1. The van der Waals surface area contributed by atoms with Crippen LogP contribution in [0.25, 0.3) is 0 Å². The summed E-state index contributed by atoms with van der Waals surface area (Å²) in [5.74, 6) is 0.188. The monoisotopic (exact) mass is 375 g/mol. The average Bonchev–Trinajstić information content (AvgIpc) is 3.09. The molecule has 0 aliphatic heterocycles. The van der Waals surface area contributed by atoms with Gasteiger partial charge in [-0.05, 0) is 52.0 Å². The summed E-state index contributed by atoms with van der Waals surface area (Å²) in [6.45, 7) is 8.22. The number of carbonyl (C=O) groups is 2. The minimum absolute atomic E-state index is 0.138. The third-order valence-electron chi connectivity index (χ3n) is 4.80. The molecule has 1 aliphatic rings. The van der Waals surface area contributed by atoms with E-state index in [9.17, 15) is 9.59 Å². The summed E-state index contributed by atoms with van der Waals surface area (Å²) in [4.78, 5) is 30.4. The van der Waals surface area contributed by atoms with E-state index in [4.69, 9.17) is 4.74 Å². The van der Waals surface area contributed by atoms with Crippen LogP contribution in [0.3, 0.4) is 0 Å². The van der Waals surface area contributed by atoms with Crippen molar-refractivity contribution in [1.82, 2.24) is 9.55 Å². The van der Waals surface area contributed by atoms with Crippen LogP contribution < -0.4 is 5.32 Å². The van der Waals surface area contributed by atoms with E-state index in [1.54, 1.807) is 24.3 Å². The van der Waals surface area contributed by atoms with E-state index in [1.807, 2.05) is 18.4 Å². The van der Waals surface area contributed by atoms with Crippen LogP contribution >= 0.6 is 11.3 Å². The Labute approximate surface area is 157 Å². The van der Waals surface area contributed by atoms with E-state index in [0.29, 0.717) is 23.2 Å². The van der Waals surface area contributed by atoms with E-state index < -0.39 is 0 Å². The predicted molar refractivity (Wildman–Crippen MR) is 102 cm³/mol. The van der Waals surface area contributed by atoms with Crippen molar-refractivity contribution >= 4 is 28.3 Å². The Hall–Kier alpha value is -2.15. The van der Waals surface area contributed by atoms with Crippen LogP contribution in [-0.2, 0) is 28.9 Å². The summed E-state index contributed by atoms with van der Waals surface area (Å²) in [7, 11) is 0. The molecule has 1 unspecified atom stereocenters. The van der Waals surface area contributed by atoms with Gasteiger partial charge in [0.1, 0.15) is 6.54 Å². The number of aromatic nitrogens is 2. The molecule has 1 N–H and O–H groups in total. The van der Waals surface area contributed by atoms with Crippen LogP contribution in [0.15, 0.2) is 6.07 Å². The summed E-state index contributed by atoms with van der Waals surface area (Å²) in [5, 5.41) is 3.58. The Balaban J connectivity index is 1.70. The van der Waals surface area contributed by atoms with E-state index in [0.717, 1.165) is 36.3 Å². The summed E-state index contributed by atoms with van der Waals surface area (Å²) in [6.07, 6.45) is 3.19. The van der Waals surface area contributed by atoms with Gasteiger partial charge in [0.05, 0.1) is 17.9 Å². The van der Waals surface area contributed by atoms with E-state index in [-0.39, 0.29) is 18.4 Å². The molecular weight excluding hydrogens is 350 g/mol. The fourth-order valence-corrected chi connectivity index (χ4v) is 4.54. The number of fused-ring (bicyclic) bond motifs is 1. The summed E-state index contributed by atoms with van der Waals surface area (Å²) in [5.41, 5.74) is 3.23. The molecule has 0 radical (unpaired) electrons. The number of esters is 1. The zero-order chi connectivity index (χ0) is 18.8. The molecule has 0 saturated heterocycles. The molecule has 0 spiro atoms. The van der Waals surface area contributed by atoms with Gasteiger partial charge >= 0.3 is 5.97 Å². The molecular formula is C19H25N3O3S. The van der Waals surface area contributed by atoms with Gasteiger partial charge in [-0.1, -0.05) is 6.92 Å². The molecule has 140 valence electrons. The second-order valence-corrected chi connectivity index (χ2v) is 7.96. The quantitative estimate of drug-likeness (QED) is 0.812. The molecule has 3 rings (SSSR count). The molecule has 1 atom stereocenters. The summed E-state index contributed by atoms with van der Waals surface area (Å²) >= 11 is 1.58. The number of nitrogens with zero attached hydrogens (tertiary/aromatic N) is 2. The molecule has 1 aliphatic carbocycles. The lowest BCUT2D eigenvalue weighted by atomic mass is 9.93. The fourth-order valence-electron chi connectivity index (χ4n) is 3.36. The number of ether oxygens (including phenoxy) is 1. The van der Waals surface area contributed by atoms with Gasteiger partial charge in [0.25, 0.3) is 0 Å². The first-order valence-corrected chi connectivity index (χ1v) is 9.83. The van der Waals surface area contributed by atoms with Gasteiger partial charge in [0, 0.05) is 16.3 Å². The number of rotatable bonds is 5. The SMILES string of the molecule is CCOC(=O)c1cc(C)n(CC(=O)Nc2nc3c(s2)CC(C)CC3)c1C. The van der Waals surface area contributed by atoms with Crippen LogP contribution in [0.5, 0.6) is 0 Å². The van der Waals surface area contributed by atoms with Gasteiger partial charge in [0.2, 0.25) is 5.91 Å². The third-order valence-corrected chi connectivity index (χ3v) is 5.84. The Morgan fingerprint density at radius 2 is 2.19 bits per heavy atom. The van der Waals surface area contributed by atoms with Crippen LogP contribution in [0.4, 0.5) is 5.13 Å². The highest BCUT2D eigenvalue weighted by Crippen LogP contribution is 2.32. The van der Waals surface area contributed by atoms with Gasteiger partial charge in [-0.15, -0.1) is 11.3 Å². The minimum Gasteiger partial charge on any atom is -0.462 e. The molecule has 1 amide bonds. The summed E-state index contributed by atoms with van der Waals surface area (Å²) in [6, 6.07) is 1.77. The van der Waals surface area contributed by atoms with Crippen molar-refractivity contribution in [3.63, 3.8) is 0 Å². The molecule has 0 bridgehead atoms. The third kappa shape index (κ3) is 3.82. The maximum absolute atomic E-state index is 12.5. The first-order valence-electron chi connectivity index (χ1n) is 9.01. The molecule has 0 saturated carbocycles. The van der Waals surface area contributed by atoms with Crippen LogP contribution in [0, 0.1) is 19.8 Å². The first kappa shape index (κ1) is 18.6. The highest BCUT2D eigenvalue weighted by atomic mass is 32.1. The standard InChI is InChI=1S/C19H25N3O3S/c1-5-25-18(24)14-9-12(3)22(13(14)4)10-17(23)21-19-20-15-7-6-11(2)8-16(15)26-19/h9,11H,5-8,10H2,1-4H3,(H,20,21,23). The molecule has 0 aromatic carbocycles. The topological polar surface area (TPSA) is 73.2 Å². The largest absolute Gasteiger partial charge is 0.462 e. The zero-order valence-electron chi connectivity index (χ0n) is 15.7. The maximum Gasteiger partial charge on any atom is 0.339 e. The van der Waals surface area contributed by atoms with Crippen LogP contribution in [0.2, 0.25) is 0 Å². The molecule has 2 aromatic heterocycles. The van der Waals surface area contributed by atoms with Gasteiger partial charge in [-0.25, -0.2) is 9.78 Å². The Morgan fingerprint density at radius 1 is 1.42 bits per heavy atom. The minimum atomic E-state index is -0.353. The summed E-state index contributed by atoms with van der Waals surface area (Å²) < 4.78 is 6.90. The van der Waals surface area contributed by atoms with E-state index in [2.05, 4.69) is 17.2 Å². The lowest BCUT2D eigenvalue weighted by molar-refractivity contribution is -0.116. The zero-order valence-corrected chi connectivity index (χ0v) is 16.5. The number of hydrogen-bond donors (Lipinski definition) is 1. The van der Waals surface area contributed by atoms with Gasteiger partial charge in [0.15, 0.2) is 5.13 Å². The van der Waals surface area contributed by atoms with Crippen molar-refractivity contribution < 1.29 is 14.3 Å². The number of amides is 1. The lowest BCUT2D eigenvalue weighted by Crippen LogP contribution is -2.20. The van der Waals surface area contributed by atoms with Crippen molar-refractivity contribution in [2.75, 3.05) is 11.9 Å². The Bertz CT molecular complexity index is 837. The van der Waals surface area contributed by atoms with Gasteiger partial charge in [-0.3, -0.25) is 4.79 Å². The Kier molecular flexibility index (Phi) is 5.46.